The molecule has 0 saturated carbocycles. The molecule has 0 spiro atoms. The number of hydrogen-bond acceptors (Lipinski definition) is 6. The lowest BCUT2D eigenvalue weighted by molar-refractivity contribution is 0.187. The molecule has 3 rings (SSSR count). The number of para-hydroxylation sites is 1. The molecule has 8 nitrogen and oxygen atoms in total. The van der Waals surface area contributed by atoms with Gasteiger partial charge in [0.2, 0.25) is 0 Å². The molecule has 8 heteroatoms. The summed E-state index contributed by atoms with van der Waals surface area (Å²) in [7, 11) is 1.25. The van der Waals surface area contributed by atoms with Gasteiger partial charge in [-0.3, -0.25) is 9.88 Å². The van der Waals surface area contributed by atoms with Crippen LogP contribution in [0.4, 0.5) is 10.6 Å². The smallest absolute Gasteiger partial charge is 0.422 e. The largest absolute Gasteiger partial charge is 0.453 e. The molecule has 2 heterocycles. The van der Waals surface area contributed by atoms with E-state index >= 15 is 0 Å². The van der Waals surface area contributed by atoms with Gasteiger partial charge in [-0.05, 0) is 29.8 Å². The van der Waals surface area contributed by atoms with Crippen LogP contribution in [0.25, 0.3) is 10.9 Å². The van der Waals surface area contributed by atoms with Crippen LogP contribution in [0.5, 0.6) is 0 Å². The number of pyridine rings is 1. The van der Waals surface area contributed by atoms with E-state index in [9.17, 15) is 14.4 Å². The topological polar surface area (TPSA) is 103 Å². The van der Waals surface area contributed by atoms with Gasteiger partial charge in [0.25, 0.3) is 0 Å². The number of amides is 1. The summed E-state index contributed by atoms with van der Waals surface area (Å²) < 4.78 is 10.6. The molecule has 1 aromatic carbocycles. The average Bonchev–Trinajstić information content (AvgIpc) is 2.59. The van der Waals surface area contributed by atoms with Crippen LogP contribution in [0.15, 0.2) is 56.6 Å². The standard InChI is InChI=1S/C16H13N3O5/c1-23-15(21)18-13-8-10(6-7-17-13)9-19-12-5-3-2-4-11(12)14(20)24-16(19)22/h2-8H,9H2,1H3,(H,17,18,21). The average molecular weight is 327 g/mol. The predicted octanol–water partition coefficient (Wildman–Crippen LogP) is 1.58. The quantitative estimate of drug-likeness (QED) is 0.783. The molecule has 0 saturated heterocycles. The Morgan fingerprint density at radius 3 is 2.88 bits per heavy atom. The lowest BCUT2D eigenvalue weighted by atomic mass is 10.2. The van der Waals surface area contributed by atoms with Gasteiger partial charge in [-0.25, -0.2) is 19.4 Å². The van der Waals surface area contributed by atoms with E-state index in [0.717, 1.165) is 0 Å². The van der Waals surface area contributed by atoms with E-state index in [0.29, 0.717) is 16.5 Å². The van der Waals surface area contributed by atoms with Gasteiger partial charge >= 0.3 is 17.5 Å². The number of carbonyl (C=O) groups is 1. The van der Waals surface area contributed by atoms with Crippen molar-refractivity contribution in [2.45, 2.75) is 6.54 Å². The lowest BCUT2D eigenvalue weighted by Gasteiger charge is -2.09. The molecular weight excluding hydrogens is 314 g/mol. The second kappa shape index (κ2) is 6.37. The van der Waals surface area contributed by atoms with Crippen molar-refractivity contribution in [1.82, 2.24) is 9.55 Å². The van der Waals surface area contributed by atoms with E-state index in [-0.39, 0.29) is 12.4 Å². The van der Waals surface area contributed by atoms with Crippen LogP contribution < -0.4 is 16.7 Å². The summed E-state index contributed by atoms with van der Waals surface area (Å²) in [5.41, 5.74) is 0.491. The number of fused-ring (bicyclic) bond motifs is 1. The molecular formula is C16H13N3O5. The van der Waals surface area contributed by atoms with Crippen LogP contribution >= 0.6 is 0 Å². The summed E-state index contributed by atoms with van der Waals surface area (Å²) in [6, 6.07) is 9.97. The molecule has 0 fully saturated rings. The van der Waals surface area contributed by atoms with Gasteiger partial charge in [0.1, 0.15) is 5.82 Å². The van der Waals surface area contributed by atoms with Crippen molar-refractivity contribution >= 4 is 22.8 Å². The van der Waals surface area contributed by atoms with Crippen LogP contribution in [-0.2, 0) is 11.3 Å². The van der Waals surface area contributed by atoms with Crippen molar-refractivity contribution in [3.05, 3.63) is 69.1 Å². The Morgan fingerprint density at radius 2 is 2.08 bits per heavy atom. The first kappa shape index (κ1) is 15.5. The summed E-state index contributed by atoms with van der Waals surface area (Å²) in [6.07, 6.45) is 0.848. The second-order valence-corrected chi connectivity index (χ2v) is 4.92. The molecule has 122 valence electrons. The van der Waals surface area contributed by atoms with Crippen molar-refractivity contribution in [3.8, 4) is 0 Å². The zero-order chi connectivity index (χ0) is 17.1. The van der Waals surface area contributed by atoms with E-state index in [1.54, 1.807) is 36.4 Å². The fourth-order valence-corrected chi connectivity index (χ4v) is 2.30. The van der Waals surface area contributed by atoms with E-state index in [4.69, 9.17) is 4.42 Å². The number of nitrogens with one attached hydrogen (secondary N) is 1. The fourth-order valence-electron chi connectivity index (χ4n) is 2.30. The number of benzene rings is 1. The Bertz CT molecular complexity index is 1020. The summed E-state index contributed by atoms with van der Waals surface area (Å²) >= 11 is 0. The first-order valence-electron chi connectivity index (χ1n) is 7.01. The van der Waals surface area contributed by atoms with Crippen molar-refractivity contribution in [3.63, 3.8) is 0 Å². The Labute approximate surface area is 135 Å². The minimum atomic E-state index is -0.752. The van der Waals surface area contributed by atoms with Crippen LogP contribution in [0.1, 0.15) is 5.56 Å². The SMILES string of the molecule is COC(=O)Nc1cc(Cn2c(=O)oc(=O)c3ccccc32)ccn1. The van der Waals surface area contributed by atoms with Crippen molar-refractivity contribution in [2.24, 2.45) is 0 Å². The van der Waals surface area contributed by atoms with E-state index in [1.807, 2.05) is 0 Å². The summed E-state index contributed by atoms with van der Waals surface area (Å²) in [4.78, 5) is 39.1. The lowest BCUT2D eigenvalue weighted by Crippen LogP contribution is -2.25. The zero-order valence-electron chi connectivity index (χ0n) is 12.7. The van der Waals surface area contributed by atoms with Crippen LogP contribution in [0, 0.1) is 0 Å². The minimum Gasteiger partial charge on any atom is -0.453 e. The first-order valence-corrected chi connectivity index (χ1v) is 7.01. The predicted molar refractivity (Wildman–Crippen MR) is 86.1 cm³/mol. The van der Waals surface area contributed by atoms with Gasteiger partial charge in [-0.1, -0.05) is 12.1 Å². The third-order valence-electron chi connectivity index (χ3n) is 3.40. The maximum atomic E-state index is 12.1. The number of hydrogen-bond donors (Lipinski definition) is 1. The van der Waals surface area contributed by atoms with Gasteiger partial charge in [0.05, 0.1) is 24.6 Å². The van der Waals surface area contributed by atoms with Crippen LogP contribution in [0.3, 0.4) is 0 Å². The third-order valence-corrected chi connectivity index (χ3v) is 3.40. The number of methoxy groups -OCH3 is 1. The summed E-state index contributed by atoms with van der Waals surface area (Å²) in [6.45, 7) is 0.154. The van der Waals surface area contributed by atoms with E-state index < -0.39 is 17.5 Å². The summed E-state index contributed by atoms with van der Waals surface area (Å²) in [5, 5.41) is 2.76. The van der Waals surface area contributed by atoms with Gasteiger partial charge in [0, 0.05) is 6.20 Å². The maximum absolute atomic E-state index is 12.1. The van der Waals surface area contributed by atoms with Crippen molar-refractivity contribution in [2.75, 3.05) is 12.4 Å². The fraction of sp³-hybridized carbons (Fsp3) is 0.125. The number of ether oxygens (including phenoxy) is 1. The monoisotopic (exact) mass is 327 g/mol. The minimum absolute atomic E-state index is 0.154. The molecule has 0 radical (unpaired) electrons. The van der Waals surface area contributed by atoms with E-state index in [2.05, 4.69) is 15.0 Å². The highest BCUT2D eigenvalue weighted by Crippen LogP contribution is 2.12. The number of rotatable bonds is 3. The Morgan fingerprint density at radius 1 is 1.29 bits per heavy atom. The first-order chi connectivity index (χ1) is 11.6. The molecule has 0 unspecified atom stereocenters. The van der Waals surface area contributed by atoms with Gasteiger partial charge in [-0.2, -0.15) is 0 Å². The van der Waals surface area contributed by atoms with Crippen molar-refractivity contribution < 1.29 is 13.9 Å². The van der Waals surface area contributed by atoms with Gasteiger partial charge < -0.3 is 9.15 Å². The molecule has 1 N–H and O–H groups in total. The molecule has 0 aliphatic heterocycles. The summed E-state index contributed by atoms with van der Waals surface area (Å²) in [5.74, 6) is -0.466. The highest BCUT2D eigenvalue weighted by molar-refractivity contribution is 5.83. The van der Waals surface area contributed by atoms with Crippen LogP contribution in [0.2, 0.25) is 0 Å². The molecule has 0 bridgehead atoms. The van der Waals surface area contributed by atoms with Crippen molar-refractivity contribution in [1.29, 1.82) is 0 Å². The molecule has 3 aromatic rings. The van der Waals surface area contributed by atoms with Crippen LogP contribution in [-0.4, -0.2) is 22.8 Å². The molecule has 24 heavy (non-hydrogen) atoms. The van der Waals surface area contributed by atoms with Gasteiger partial charge in [-0.15, -0.1) is 0 Å². The van der Waals surface area contributed by atoms with Gasteiger partial charge in [0.15, 0.2) is 0 Å². The number of nitrogens with zero attached hydrogens (tertiary/aromatic N) is 2. The number of carbonyl (C=O) groups excluding carboxylic acids is 1. The number of anilines is 1. The second-order valence-electron chi connectivity index (χ2n) is 4.92. The Hall–Kier alpha value is -3.42. The Kier molecular flexibility index (Phi) is 4.11. The maximum Gasteiger partial charge on any atom is 0.422 e. The number of aromatic nitrogens is 2. The normalized spacial score (nSPS) is 10.5. The highest BCUT2D eigenvalue weighted by atomic mass is 16.5. The molecule has 0 aliphatic carbocycles. The highest BCUT2D eigenvalue weighted by Gasteiger charge is 2.10. The third kappa shape index (κ3) is 3.02. The van der Waals surface area contributed by atoms with E-state index in [1.165, 1.54) is 17.9 Å². The molecule has 0 atom stereocenters. The molecule has 1 amide bonds. The Balaban J connectivity index is 2.02. The zero-order valence-corrected chi connectivity index (χ0v) is 12.7. The molecule has 2 aromatic heterocycles. The molecule has 0 aliphatic rings.